The highest BCUT2D eigenvalue weighted by molar-refractivity contribution is 8.09. The molecule has 1 unspecified atom stereocenters. The van der Waals surface area contributed by atoms with Gasteiger partial charge in [0.1, 0.15) is 24.0 Å². The van der Waals surface area contributed by atoms with Crippen LogP contribution in [0.5, 0.6) is 5.75 Å². The molecule has 11 nitrogen and oxygen atoms in total. The van der Waals surface area contributed by atoms with E-state index in [9.17, 15) is 24.6 Å². The molecular formula is C25H31N2O9PS. The minimum atomic E-state index is -3.49. The number of nitrogens with one attached hydrogen (secondary N) is 1. The van der Waals surface area contributed by atoms with Gasteiger partial charge in [-0.1, -0.05) is 31.0 Å². The Hall–Kier alpha value is -2.62. The highest BCUT2D eigenvalue weighted by Gasteiger charge is 2.58. The molecule has 1 saturated heterocycles. The molecule has 0 bridgehead atoms. The summed E-state index contributed by atoms with van der Waals surface area (Å²) in [5.41, 5.74) is -2.31. The largest absolute Gasteiger partial charge is 0.462 e. The zero-order valence-corrected chi connectivity index (χ0v) is 22.9. The maximum Gasteiger partial charge on any atom is 0.323 e. The average Bonchev–Trinajstić information content (AvgIpc) is 3.12. The Balaban J connectivity index is 1.82. The number of terminal acetylenes is 1. The fourth-order valence-corrected chi connectivity index (χ4v) is 6.20. The second-order valence-electron chi connectivity index (χ2n) is 8.97. The molecule has 0 aliphatic carbocycles. The van der Waals surface area contributed by atoms with Crippen molar-refractivity contribution in [1.29, 1.82) is 0 Å². The van der Waals surface area contributed by atoms with Crippen LogP contribution in [0, 0.1) is 12.3 Å². The molecule has 6 atom stereocenters. The number of amides is 1. The molecule has 1 aromatic carbocycles. The third-order valence-corrected chi connectivity index (χ3v) is 8.16. The lowest BCUT2D eigenvalue weighted by molar-refractivity contribution is -0.153. The molecule has 3 N–H and O–H groups in total. The summed E-state index contributed by atoms with van der Waals surface area (Å²) in [6.45, 7) is 1.29. The number of para-hydroxylation sites is 1. The molecule has 3 rings (SSSR count). The Morgan fingerprint density at radius 3 is 2.63 bits per heavy atom. The number of aliphatic hydroxyl groups is 2. The van der Waals surface area contributed by atoms with E-state index >= 15 is 0 Å². The summed E-state index contributed by atoms with van der Waals surface area (Å²) >= 11 is 5.70. The lowest BCUT2D eigenvalue weighted by Gasteiger charge is -2.33. The van der Waals surface area contributed by atoms with Gasteiger partial charge in [0, 0.05) is 6.20 Å². The number of aliphatic hydroxyl groups excluding tert-OH is 1. The predicted octanol–water partition coefficient (Wildman–Crippen LogP) is 1.39. The van der Waals surface area contributed by atoms with Crippen molar-refractivity contribution in [3.05, 3.63) is 42.6 Å². The summed E-state index contributed by atoms with van der Waals surface area (Å²) in [5, 5.41) is 24.8. The number of allylic oxidation sites excluding steroid dienone is 1. The Bertz CT molecular complexity index is 1160. The van der Waals surface area contributed by atoms with Crippen LogP contribution in [0.15, 0.2) is 42.6 Å². The van der Waals surface area contributed by atoms with Crippen LogP contribution in [0.1, 0.15) is 33.6 Å². The van der Waals surface area contributed by atoms with Gasteiger partial charge in [0.25, 0.3) is 0 Å². The van der Waals surface area contributed by atoms with Gasteiger partial charge in [0.05, 0.1) is 19.1 Å². The van der Waals surface area contributed by atoms with Crippen molar-refractivity contribution >= 4 is 36.1 Å². The monoisotopic (exact) mass is 566 g/mol. The summed E-state index contributed by atoms with van der Waals surface area (Å²) in [4.78, 5) is 37.6. The van der Waals surface area contributed by atoms with Gasteiger partial charge >= 0.3 is 12.6 Å². The number of nitrogens with zero attached hydrogens (tertiary/aromatic N) is 1. The minimum Gasteiger partial charge on any atom is -0.462 e. The van der Waals surface area contributed by atoms with Crippen molar-refractivity contribution < 1.29 is 43.1 Å². The fraction of sp³-hybridized carbons (Fsp3) is 0.480. The molecule has 0 radical (unpaired) electrons. The quantitative estimate of drug-likeness (QED) is 0.155. The van der Waals surface area contributed by atoms with Gasteiger partial charge in [0.15, 0.2) is 17.6 Å². The average molecular weight is 567 g/mol. The fourth-order valence-electron chi connectivity index (χ4n) is 3.79. The van der Waals surface area contributed by atoms with Gasteiger partial charge < -0.3 is 28.7 Å². The molecule has 13 heteroatoms. The second-order valence-corrected chi connectivity index (χ2v) is 12.1. The van der Waals surface area contributed by atoms with E-state index in [2.05, 4.69) is 11.0 Å². The molecule has 2 aliphatic rings. The topological polar surface area (TPSA) is 144 Å². The van der Waals surface area contributed by atoms with Crippen molar-refractivity contribution in [2.75, 3.05) is 6.61 Å². The van der Waals surface area contributed by atoms with Crippen LogP contribution < -0.4 is 9.61 Å². The first kappa shape index (κ1) is 29.9. The number of carbonyl (C=O) groups is 3. The predicted molar refractivity (Wildman–Crippen MR) is 140 cm³/mol. The maximum absolute atomic E-state index is 12.6. The molecular weight excluding hydrogens is 535 g/mol. The van der Waals surface area contributed by atoms with E-state index in [1.807, 2.05) is 0 Å². The van der Waals surface area contributed by atoms with E-state index in [0.29, 0.717) is 12.2 Å². The summed E-state index contributed by atoms with van der Waals surface area (Å²) in [6, 6.07) is 7.70. The van der Waals surface area contributed by atoms with Gasteiger partial charge in [-0.25, -0.2) is 5.09 Å². The van der Waals surface area contributed by atoms with E-state index in [4.69, 9.17) is 36.8 Å². The highest BCUT2D eigenvalue weighted by atomic mass is 32.5. The third kappa shape index (κ3) is 6.87. The number of ketones is 1. The molecule has 1 fully saturated rings. The van der Waals surface area contributed by atoms with Crippen LogP contribution >= 0.6 is 6.64 Å². The number of ether oxygens (including phenoxy) is 2. The zero-order chi connectivity index (χ0) is 28.1. The highest BCUT2D eigenvalue weighted by Crippen LogP contribution is 2.47. The normalized spacial score (nSPS) is 27.6. The first-order chi connectivity index (χ1) is 17.9. The van der Waals surface area contributed by atoms with Gasteiger partial charge in [0.2, 0.25) is 5.91 Å². The Morgan fingerprint density at radius 1 is 1.37 bits per heavy atom. The van der Waals surface area contributed by atoms with Crippen LogP contribution in [0.3, 0.4) is 0 Å². The molecule has 0 aromatic heterocycles. The van der Waals surface area contributed by atoms with Crippen LogP contribution in [0.4, 0.5) is 0 Å². The number of benzene rings is 1. The van der Waals surface area contributed by atoms with E-state index in [1.165, 1.54) is 0 Å². The summed E-state index contributed by atoms with van der Waals surface area (Å²) in [6.07, 6.45) is 2.92. The lowest BCUT2D eigenvalue weighted by Crippen LogP contribution is -2.55. The van der Waals surface area contributed by atoms with E-state index < -0.39 is 67.4 Å². The van der Waals surface area contributed by atoms with E-state index in [-0.39, 0.29) is 6.10 Å². The third-order valence-electron chi connectivity index (χ3n) is 5.74. The summed E-state index contributed by atoms with van der Waals surface area (Å²) < 4.78 is 23.0. The number of hydrogen-bond acceptors (Lipinski definition) is 10. The molecule has 206 valence electrons. The lowest BCUT2D eigenvalue weighted by atomic mass is 9.94. The van der Waals surface area contributed by atoms with Gasteiger partial charge in [-0.2, -0.15) is 0 Å². The van der Waals surface area contributed by atoms with Gasteiger partial charge in [-0.3, -0.25) is 19.3 Å². The Kier molecular flexibility index (Phi) is 9.84. The molecule has 2 heterocycles. The Morgan fingerprint density at radius 2 is 2.05 bits per heavy atom. The first-order valence-corrected chi connectivity index (χ1v) is 14.6. The van der Waals surface area contributed by atoms with Crippen LogP contribution in [0.2, 0.25) is 0 Å². The minimum absolute atomic E-state index is 0.315. The van der Waals surface area contributed by atoms with Gasteiger partial charge in [-0.15, -0.1) is 6.42 Å². The van der Waals surface area contributed by atoms with E-state index in [0.717, 1.165) is 17.2 Å². The summed E-state index contributed by atoms with van der Waals surface area (Å²) in [7, 11) is 0. The Labute approximate surface area is 226 Å². The first-order valence-electron chi connectivity index (χ1n) is 12.0. The molecule has 1 aromatic rings. The van der Waals surface area contributed by atoms with Crippen molar-refractivity contribution in [3.63, 3.8) is 0 Å². The number of rotatable bonds is 11. The standard InChI is InChI=1S/C25H31N2O9PS/c1-5-19(23(31)34-16(3)4)26-37(38,36-18-10-8-7-9-11-18)33-15-20-22(30)25(32,6-2)24(35-20)27-13-12-17(28)14-21(27)29/h2,7-13,16,19-20,22,24,30,32H,5,14-15H2,1,3-4H3,(H,26,38)/t19-,20+,22+,24+,25+,37?/m0/s1. The number of hydrogen-bond donors (Lipinski definition) is 3. The van der Waals surface area contributed by atoms with E-state index in [1.54, 1.807) is 51.1 Å². The molecule has 1 amide bonds. The second kappa shape index (κ2) is 12.5. The SMILES string of the molecule is C#C[C@@]1(O)[C@H](O)[C@@H](COP(=S)(N[C@@H](CC)C(=O)OC(C)C)Oc2ccccc2)O[C@H]1N1C=CC(=O)CC1=O. The number of carbonyl (C=O) groups excluding carboxylic acids is 3. The molecule has 0 spiro atoms. The van der Waals surface area contributed by atoms with Crippen LogP contribution in [-0.4, -0.2) is 75.6 Å². The van der Waals surface area contributed by atoms with Crippen molar-refractivity contribution in [2.45, 2.75) is 69.8 Å². The van der Waals surface area contributed by atoms with Crippen molar-refractivity contribution in [3.8, 4) is 18.1 Å². The number of esters is 1. The summed E-state index contributed by atoms with van der Waals surface area (Å²) in [5.74, 6) is 0.857. The van der Waals surface area contributed by atoms with Gasteiger partial charge in [-0.05, 0) is 50.3 Å². The molecule has 2 aliphatic heterocycles. The van der Waals surface area contributed by atoms with Crippen LogP contribution in [0.25, 0.3) is 0 Å². The van der Waals surface area contributed by atoms with Crippen LogP contribution in [-0.2, 0) is 40.2 Å². The smallest absolute Gasteiger partial charge is 0.323 e. The zero-order valence-electron chi connectivity index (χ0n) is 21.2. The molecule has 38 heavy (non-hydrogen) atoms. The molecule has 0 saturated carbocycles. The maximum atomic E-state index is 12.6. The van der Waals surface area contributed by atoms with Crippen molar-refractivity contribution in [1.82, 2.24) is 9.99 Å². The van der Waals surface area contributed by atoms with Crippen molar-refractivity contribution in [2.24, 2.45) is 0 Å².